The molecule has 0 spiro atoms. The molecule has 39 heavy (non-hydrogen) atoms. The number of aliphatic carboxylic acids is 1. The number of nitrogens with zero attached hydrogens (tertiary/aromatic N) is 3. The third-order valence-electron chi connectivity index (χ3n) is 8.02. The summed E-state index contributed by atoms with van der Waals surface area (Å²) in [4.78, 5) is 55.2. The summed E-state index contributed by atoms with van der Waals surface area (Å²) in [7, 11) is 0. The second-order valence-corrected chi connectivity index (χ2v) is 13.2. The smallest absolute Gasteiger partial charge is 0.404 e. The topological polar surface area (TPSA) is 166 Å². The van der Waals surface area contributed by atoms with Gasteiger partial charge in [0.25, 0.3) is 0 Å². The number of nitrogens with two attached hydrogens (primary N) is 1. The molecule has 4 rings (SSSR count). The number of carbonyl (C=O) groups is 4. The van der Waals surface area contributed by atoms with Gasteiger partial charge in [-0.1, -0.05) is 13.8 Å². The molecule has 4 aliphatic rings. The molecule has 14 heteroatoms. The van der Waals surface area contributed by atoms with Crippen LogP contribution in [0.3, 0.4) is 0 Å². The van der Waals surface area contributed by atoms with Crippen LogP contribution in [0, 0.1) is 11.8 Å². The van der Waals surface area contributed by atoms with Crippen molar-refractivity contribution in [3.63, 3.8) is 0 Å². The lowest BCUT2D eigenvalue weighted by Crippen LogP contribution is -2.63. The number of aliphatic hydroxyl groups excluding tert-OH is 1. The molecule has 3 fully saturated rings. The molecule has 0 aromatic heterocycles. The van der Waals surface area contributed by atoms with Crippen LogP contribution in [0.25, 0.3) is 0 Å². The predicted molar refractivity (Wildman–Crippen MR) is 148 cm³/mol. The fourth-order valence-corrected chi connectivity index (χ4v) is 8.68. The van der Waals surface area contributed by atoms with Gasteiger partial charge in [-0.15, -0.1) is 23.5 Å². The van der Waals surface area contributed by atoms with Crippen molar-refractivity contribution in [2.75, 3.05) is 51.6 Å². The average Bonchev–Trinajstić information content (AvgIpc) is 3.43. The minimum Gasteiger partial charge on any atom is -0.477 e. The molecule has 7 atom stereocenters. The van der Waals surface area contributed by atoms with E-state index in [1.165, 1.54) is 16.7 Å². The molecule has 0 aliphatic carbocycles. The number of piperazine rings is 1. The molecule has 12 nitrogen and oxygen atoms in total. The van der Waals surface area contributed by atoms with Crippen molar-refractivity contribution in [2.24, 2.45) is 17.6 Å². The summed E-state index contributed by atoms with van der Waals surface area (Å²) in [6.07, 6.45) is -0.912. The quantitative estimate of drug-likeness (QED) is 0.241. The Morgan fingerprint density at radius 3 is 2.51 bits per heavy atom. The van der Waals surface area contributed by atoms with E-state index in [0.717, 1.165) is 5.75 Å². The zero-order valence-corrected chi connectivity index (χ0v) is 24.2. The summed E-state index contributed by atoms with van der Waals surface area (Å²) in [6, 6.07) is -0.376. The number of carbonyl (C=O) groups excluding carboxylic acids is 3. The summed E-state index contributed by atoms with van der Waals surface area (Å²) in [5, 5.41) is 23.3. The standard InChI is InChI=1S/C25H39N5O7S2/c1-4-38-21(23(33)29-7-5-28(6-8-29)9-10-37-25(26)36)16-11-15(12-27-16)39-20-13(2)18-17(14(3)31)22(32)30(18)19(20)24(34)35/h13-18,21,27,31H,4-12H2,1-3H3,(H2,26,36)(H,34,35)/t13-,14-,15+,16+,17-,18-,21?/m1/s1. The van der Waals surface area contributed by atoms with Crippen LogP contribution in [0.1, 0.15) is 27.2 Å². The summed E-state index contributed by atoms with van der Waals surface area (Å²) in [5.41, 5.74) is 5.05. The number of fused-ring (bicyclic) bond motifs is 1. The maximum atomic E-state index is 13.6. The molecule has 4 aliphatic heterocycles. The van der Waals surface area contributed by atoms with Crippen molar-refractivity contribution < 1.29 is 34.1 Å². The molecular formula is C25H39N5O7S2. The van der Waals surface area contributed by atoms with Gasteiger partial charge < -0.3 is 35.8 Å². The Balaban J connectivity index is 1.36. The van der Waals surface area contributed by atoms with E-state index in [0.29, 0.717) is 50.6 Å². The number of hydrogen-bond acceptors (Lipinski definition) is 10. The SMILES string of the molecule is CCSC(C(=O)N1CCN(CCOC(N)=O)CC1)[C@@H]1C[C@H](SC2=C(C(=O)O)N3C(=O)[C@H]([C@@H](C)O)[C@H]3[C@H]2C)CN1. The van der Waals surface area contributed by atoms with E-state index in [1.54, 1.807) is 18.7 Å². The maximum absolute atomic E-state index is 13.6. The zero-order chi connectivity index (χ0) is 28.4. The third kappa shape index (κ3) is 6.19. The number of carboxylic acids is 1. The predicted octanol–water partition coefficient (Wildman–Crippen LogP) is -0.0350. The van der Waals surface area contributed by atoms with Crippen molar-refractivity contribution in [2.45, 2.75) is 55.9 Å². The Bertz CT molecular complexity index is 1000. The van der Waals surface area contributed by atoms with Crippen molar-refractivity contribution in [3.8, 4) is 0 Å². The first-order chi connectivity index (χ1) is 18.5. The lowest BCUT2D eigenvalue weighted by molar-refractivity contribution is -0.163. The first-order valence-corrected chi connectivity index (χ1v) is 15.4. The molecule has 1 unspecified atom stereocenters. The largest absolute Gasteiger partial charge is 0.477 e. The maximum Gasteiger partial charge on any atom is 0.404 e. The molecule has 0 bridgehead atoms. The number of β-lactam (4-membered cyclic amide) rings is 1. The number of hydrogen-bond donors (Lipinski definition) is 4. The van der Waals surface area contributed by atoms with E-state index in [2.05, 4.69) is 10.2 Å². The van der Waals surface area contributed by atoms with Gasteiger partial charge >= 0.3 is 12.1 Å². The Morgan fingerprint density at radius 2 is 1.92 bits per heavy atom. The van der Waals surface area contributed by atoms with Crippen molar-refractivity contribution in [3.05, 3.63) is 10.6 Å². The van der Waals surface area contributed by atoms with Crippen molar-refractivity contribution in [1.82, 2.24) is 20.0 Å². The van der Waals surface area contributed by atoms with Gasteiger partial charge in [-0.2, -0.15) is 0 Å². The molecule has 0 aromatic rings. The van der Waals surface area contributed by atoms with Crippen LogP contribution in [-0.4, -0.2) is 129 Å². The summed E-state index contributed by atoms with van der Waals surface area (Å²) < 4.78 is 4.81. The second-order valence-electron chi connectivity index (χ2n) is 10.5. The highest BCUT2D eigenvalue weighted by Gasteiger charge is 2.60. The first kappa shape index (κ1) is 30.0. The molecule has 4 heterocycles. The third-order valence-corrected chi connectivity index (χ3v) is 10.8. The molecular weight excluding hydrogens is 546 g/mol. The van der Waals surface area contributed by atoms with E-state index in [4.69, 9.17) is 10.5 Å². The van der Waals surface area contributed by atoms with Gasteiger partial charge in [-0.25, -0.2) is 9.59 Å². The van der Waals surface area contributed by atoms with Crippen molar-refractivity contribution in [1.29, 1.82) is 0 Å². The van der Waals surface area contributed by atoms with Gasteiger partial charge in [0.15, 0.2) is 0 Å². The number of primary amides is 1. The number of amides is 3. The minimum absolute atomic E-state index is 0.0394. The van der Waals surface area contributed by atoms with E-state index in [9.17, 15) is 29.4 Å². The van der Waals surface area contributed by atoms with Crippen LogP contribution in [0.5, 0.6) is 0 Å². The van der Waals surface area contributed by atoms with Gasteiger partial charge in [0, 0.05) is 61.4 Å². The fraction of sp³-hybridized carbons (Fsp3) is 0.760. The number of nitrogens with one attached hydrogen (secondary N) is 1. The monoisotopic (exact) mass is 585 g/mol. The van der Waals surface area contributed by atoms with Gasteiger partial charge in [0.1, 0.15) is 12.3 Å². The lowest BCUT2D eigenvalue weighted by Gasteiger charge is -2.46. The number of thioether (sulfide) groups is 2. The van der Waals surface area contributed by atoms with Crippen LogP contribution in [0.4, 0.5) is 4.79 Å². The van der Waals surface area contributed by atoms with E-state index >= 15 is 0 Å². The van der Waals surface area contributed by atoms with Gasteiger partial charge in [0.2, 0.25) is 11.8 Å². The second kappa shape index (κ2) is 12.7. The highest BCUT2D eigenvalue weighted by Crippen LogP contribution is 2.52. The fourth-order valence-electron chi connectivity index (χ4n) is 6.10. The lowest BCUT2D eigenvalue weighted by atomic mass is 9.79. The first-order valence-electron chi connectivity index (χ1n) is 13.5. The Morgan fingerprint density at radius 1 is 1.23 bits per heavy atom. The summed E-state index contributed by atoms with van der Waals surface area (Å²) in [5.74, 6) is -1.32. The summed E-state index contributed by atoms with van der Waals surface area (Å²) in [6.45, 7) is 9.58. The van der Waals surface area contributed by atoms with Gasteiger partial charge in [0.05, 0.1) is 23.3 Å². The Hall–Kier alpha value is -2.00. The van der Waals surface area contributed by atoms with Crippen LogP contribution in [-0.2, 0) is 19.1 Å². The number of rotatable bonds is 11. The van der Waals surface area contributed by atoms with Crippen LogP contribution < -0.4 is 11.1 Å². The average molecular weight is 586 g/mol. The number of aliphatic hydroxyl groups is 1. The molecule has 3 amide bonds. The van der Waals surface area contributed by atoms with Crippen LogP contribution >= 0.6 is 23.5 Å². The highest BCUT2D eigenvalue weighted by molar-refractivity contribution is 8.03. The minimum atomic E-state index is -1.12. The van der Waals surface area contributed by atoms with Crippen molar-refractivity contribution >= 4 is 47.4 Å². The van der Waals surface area contributed by atoms with Gasteiger partial charge in [-0.05, 0) is 19.1 Å². The molecule has 218 valence electrons. The number of ether oxygens (including phenoxy) is 1. The van der Waals surface area contributed by atoms with Crippen LogP contribution in [0.15, 0.2) is 10.6 Å². The van der Waals surface area contributed by atoms with E-state index in [1.807, 2.05) is 18.7 Å². The highest BCUT2D eigenvalue weighted by atomic mass is 32.2. The molecule has 0 aromatic carbocycles. The Kier molecular flexibility index (Phi) is 9.74. The molecule has 0 radical (unpaired) electrons. The zero-order valence-electron chi connectivity index (χ0n) is 22.6. The van der Waals surface area contributed by atoms with E-state index in [-0.39, 0.29) is 52.6 Å². The van der Waals surface area contributed by atoms with Gasteiger partial charge in [-0.3, -0.25) is 14.5 Å². The van der Waals surface area contributed by atoms with E-state index < -0.39 is 24.1 Å². The molecule has 0 saturated carbocycles. The normalized spacial score (nSPS) is 30.7. The molecule has 3 saturated heterocycles. The number of carboxylic acid groups (broad SMARTS) is 1. The molecule has 5 N–H and O–H groups in total. The van der Waals surface area contributed by atoms with Crippen LogP contribution in [0.2, 0.25) is 0 Å². The summed E-state index contributed by atoms with van der Waals surface area (Å²) >= 11 is 3.12. The Labute approximate surface area is 237 Å².